The van der Waals surface area contributed by atoms with E-state index in [1.54, 1.807) is 18.7 Å². The van der Waals surface area contributed by atoms with Gasteiger partial charge in [0.25, 0.3) is 0 Å². The Morgan fingerprint density at radius 2 is 2.41 bits per heavy atom. The number of aromatic nitrogens is 4. The molecule has 90 valence electrons. The highest BCUT2D eigenvalue weighted by molar-refractivity contribution is 5.75. The number of anilines is 1. The van der Waals surface area contributed by atoms with Gasteiger partial charge in [0.1, 0.15) is 6.54 Å². The number of imidazole rings is 1. The van der Waals surface area contributed by atoms with Gasteiger partial charge in [-0.05, 0) is 0 Å². The number of nitrogens with one attached hydrogen (secondary N) is 1. The Morgan fingerprint density at radius 3 is 3.06 bits per heavy atom. The molecular formula is C10H14N6O. The Balaban J connectivity index is 1.71. The third kappa shape index (κ3) is 3.33. The molecule has 0 aliphatic rings. The smallest absolute Gasteiger partial charge is 0.241 e. The first-order chi connectivity index (χ1) is 8.24. The molecule has 0 saturated carbocycles. The Morgan fingerprint density at radius 1 is 1.53 bits per heavy atom. The SMILES string of the molecule is Nc1cnn(CC(=O)NCCn2ccnc2)c1. The summed E-state index contributed by atoms with van der Waals surface area (Å²) in [4.78, 5) is 15.4. The number of nitrogens with zero attached hydrogens (tertiary/aromatic N) is 4. The van der Waals surface area contributed by atoms with Gasteiger partial charge in [-0.15, -0.1) is 0 Å². The van der Waals surface area contributed by atoms with E-state index in [-0.39, 0.29) is 12.5 Å². The average Bonchev–Trinajstić information content (AvgIpc) is 2.90. The number of nitrogen functional groups attached to an aromatic ring is 1. The molecule has 7 heteroatoms. The number of hydrogen-bond donors (Lipinski definition) is 2. The molecule has 2 aromatic heterocycles. The van der Waals surface area contributed by atoms with Crippen molar-refractivity contribution in [3.63, 3.8) is 0 Å². The number of carbonyl (C=O) groups is 1. The van der Waals surface area contributed by atoms with Gasteiger partial charge in [-0.3, -0.25) is 9.48 Å². The van der Waals surface area contributed by atoms with Crippen LogP contribution in [0.1, 0.15) is 0 Å². The van der Waals surface area contributed by atoms with Gasteiger partial charge in [-0.25, -0.2) is 4.98 Å². The van der Waals surface area contributed by atoms with Gasteiger partial charge in [0.05, 0.1) is 18.2 Å². The fourth-order valence-corrected chi connectivity index (χ4v) is 1.41. The lowest BCUT2D eigenvalue weighted by molar-refractivity contribution is -0.121. The molecule has 2 aromatic rings. The second kappa shape index (κ2) is 5.15. The summed E-state index contributed by atoms with van der Waals surface area (Å²) in [7, 11) is 0. The largest absolute Gasteiger partial charge is 0.396 e. The lowest BCUT2D eigenvalue weighted by Gasteiger charge is -2.05. The Labute approximate surface area is 98.2 Å². The van der Waals surface area contributed by atoms with Gasteiger partial charge in [-0.2, -0.15) is 5.10 Å². The molecule has 3 N–H and O–H groups in total. The summed E-state index contributed by atoms with van der Waals surface area (Å²) in [5, 5.41) is 6.72. The van der Waals surface area contributed by atoms with E-state index in [9.17, 15) is 4.79 Å². The van der Waals surface area contributed by atoms with Crippen LogP contribution >= 0.6 is 0 Å². The molecule has 0 radical (unpaired) electrons. The van der Waals surface area contributed by atoms with E-state index in [0.717, 1.165) is 0 Å². The molecule has 0 bridgehead atoms. The maximum atomic E-state index is 11.5. The van der Waals surface area contributed by atoms with E-state index in [0.29, 0.717) is 18.8 Å². The zero-order valence-electron chi connectivity index (χ0n) is 9.28. The summed E-state index contributed by atoms with van der Waals surface area (Å²) in [6.07, 6.45) is 8.39. The van der Waals surface area contributed by atoms with Crippen molar-refractivity contribution in [2.24, 2.45) is 0 Å². The summed E-state index contributed by atoms with van der Waals surface area (Å²) in [6, 6.07) is 0. The van der Waals surface area contributed by atoms with Crippen molar-refractivity contribution in [3.05, 3.63) is 31.1 Å². The van der Waals surface area contributed by atoms with Crippen LogP contribution in [0.4, 0.5) is 5.69 Å². The summed E-state index contributed by atoms with van der Waals surface area (Å²) in [6.45, 7) is 1.44. The highest BCUT2D eigenvalue weighted by Gasteiger charge is 2.02. The molecule has 0 fully saturated rings. The van der Waals surface area contributed by atoms with Gasteiger partial charge < -0.3 is 15.6 Å². The number of amides is 1. The van der Waals surface area contributed by atoms with E-state index in [1.165, 1.54) is 10.9 Å². The van der Waals surface area contributed by atoms with Crippen LogP contribution in [0.3, 0.4) is 0 Å². The van der Waals surface area contributed by atoms with Crippen molar-refractivity contribution < 1.29 is 4.79 Å². The van der Waals surface area contributed by atoms with Crippen molar-refractivity contribution in [2.45, 2.75) is 13.1 Å². The van der Waals surface area contributed by atoms with Crippen LogP contribution < -0.4 is 11.1 Å². The van der Waals surface area contributed by atoms with Crippen molar-refractivity contribution in [2.75, 3.05) is 12.3 Å². The van der Waals surface area contributed by atoms with Crippen LogP contribution in [-0.4, -0.2) is 31.8 Å². The first-order valence-corrected chi connectivity index (χ1v) is 5.24. The van der Waals surface area contributed by atoms with E-state index < -0.39 is 0 Å². The third-order valence-corrected chi connectivity index (χ3v) is 2.21. The van der Waals surface area contributed by atoms with E-state index in [2.05, 4.69) is 15.4 Å². The zero-order valence-corrected chi connectivity index (χ0v) is 9.28. The average molecular weight is 234 g/mol. The molecule has 0 spiro atoms. The molecule has 0 aromatic carbocycles. The molecule has 0 saturated heterocycles. The quantitative estimate of drug-likeness (QED) is 0.728. The maximum Gasteiger partial charge on any atom is 0.241 e. The summed E-state index contributed by atoms with van der Waals surface area (Å²) in [5.41, 5.74) is 6.05. The summed E-state index contributed by atoms with van der Waals surface area (Å²) >= 11 is 0. The van der Waals surface area contributed by atoms with Crippen molar-refractivity contribution in [3.8, 4) is 0 Å². The Hall–Kier alpha value is -2.31. The lowest BCUT2D eigenvalue weighted by Crippen LogP contribution is -2.30. The van der Waals surface area contributed by atoms with Crippen LogP contribution in [-0.2, 0) is 17.9 Å². The van der Waals surface area contributed by atoms with E-state index in [4.69, 9.17) is 5.73 Å². The number of carbonyl (C=O) groups excluding carboxylic acids is 1. The topological polar surface area (TPSA) is 90.8 Å². The molecule has 2 heterocycles. The van der Waals surface area contributed by atoms with Crippen molar-refractivity contribution >= 4 is 11.6 Å². The Kier molecular flexibility index (Phi) is 3.39. The first-order valence-electron chi connectivity index (χ1n) is 5.24. The van der Waals surface area contributed by atoms with Gasteiger partial charge in [0.15, 0.2) is 0 Å². The summed E-state index contributed by atoms with van der Waals surface area (Å²) in [5.74, 6) is -0.0896. The molecule has 0 aliphatic heterocycles. The monoisotopic (exact) mass is 234 g/mol. The molecule has 0 unspecified atom stereocenters. The fraction of sp³-hybridized carbons (Fsp3) is 0.300. The first kappa shape index (κ1) is 11.2. The second-order valence-corrected chi connectivity index (χ2v) is 3.62. The van der Waals surface area contributed by atoms with Crippen LogP contribution in [0.2, 0.25) is 0 Å². The minimum atomic E-state index is -0.0896. The molecule has 0 atom stereocenters. The van der Waals surface area contributed by atoms with Crippen molar-refractivity contribution in [1.29, 1.82) is 0 Å². The van der Waals surface area contributed by atoms with Crippen LogP contribution in [0, 0.1) is 0 Å². The van der Waals surface area contributed by atoms with E-state index >= 15 is 0 Å². The standard InChI is InChI=1S/C10H14N6O/c11-9-5-14-16(6-9)7-10(17)13-2-4-15-3-1-12-8-15/h1,3,5-6,8H,2,4,7,11H2,(H,13,17). The molecule has 2 rings (SSSR count). The normalized spacial score (nSPS) is 10.4. The predicted molar refractivity (Wildman–Crippen MR) is 61.9 cm³/mol. The van der Waals surface area contributed by atoms with Crippen LogP contribution in [0.25, 0.3) is 0 Å². The second-order valence-electron chi connectivity index (χ2n) is 3.62. The minimum Gasteiger partial charge on any atom is -0.396 e. The van der Waals surface area contributed by atoms with Crippen molar-refractivity contribution in [1.82, 2.24) is 24.6 Å². The van der Waals surface area contributed by atoms with Gasteiger partial charge in [0.2, 0.25) is 5.91 Å². The van der Waals surface area contributed by atoms with Gasteiger partial charge in [-0.1, -0.05) is 0 Å². The number of nitrogens with two attached hydrogens (primary N) is 1. The van der Waals surface area contributed by atoms with Gasteiger partial charge >= 0.3 is 0 Å². The zero-order chi connectivity index (χ0) is 12.1. The third-order valence-electron chi connectivity index (χ3n) is 2.21. The minimum absolute atomic E-state index is 0.0896. The molecule has 17 heavy (non-hydrogen) atoms. The summed E-state index contributed by atoms with van der Waals surface area (Å²) < 4.78 is 3.40. The number of hydrogen-bond acceptors (Lipinski definition) is 4. The maximum absolute atomic E-state index is 11.5. The van der Waals surface area contributed by atoms with E-state index in [1.807, 2.05) is 10.8 Å². The lowest BCUT2D eigenvalue weighted by atomic mass is 10.5. The Bertz CT molecular complexity index is 475. The molecule has 7 nitrogen and oxygen atoms in total. The highest BCUT2D eigenvalue weighted by Crippen LogP contribution is 1.96. The molecular weight excluding hydrogens is 220 g/mol. The molecule has 1 amide bonds. The predicted octanol–water partition coefficient (Wildman–Crippen LogP) is -0.522. The fourth-order valence-electron chi connectivity index (χ4n) is 1.41. The van der Waals surface area contributed by atoms with Gasteiger partial charge in [0, 0.05) is 31.7 Å². The number of rotatable bonds is 5. The van der Waals surface area contributed by atoms with Crippen LogP contribution in [0.5, 0.6) is 0 Å². The highest BCUT2D eigenvalue weighted by atomic mass is 16.2. The molecule has 0 aliphatic carbocycles. The van der Waals surface area contributed by atoms with Crippen LogP contribution in [0.15, 0.2) is 31.1 Å².